The summed E-state index contributed by atoms with van der Waals surface area (Å²) in [5, 5.41) is 0.544. The molecule has 0 aromatic heterocycles. The van der Waals surface area contributed by atoms with Crippen molar-refractivity contribution in [2.24, 2.45) is 5.92 Å². The first-order chi connectivity index (χ1) is 9.97. The van der Waals surface area contributed by atoms with Crippen molar-refractivity contribution in [1.29, 1.82) is 0 Å². The van der Waals surface area contributed by atoms with Crippen molar-refractivity contribution in [3.05, 3.63) is 23.2 Å². The summed E-state index contributed by atoms with van der Waals surface area (Å²) in [7, 11) is 1.93. The van der Waals surface area contributed by atoms with Crippen LogP contribution >= 0.6 is 23.4 Å². The highest BCUT2D eigenvalue weighted by Crippen LogP contribution is 2.29. The number of halogens is 1. The quantitative estimate of drug-likeness (QED) is 0.670. The number of thioether (sulfide) groups is 1. The number of rotatable bonds is 4. The average Bonchev–Trinajstić information content (AvgIpc) is 2.48. The lowest BCUT2D eigenvalue weighted by Crippen LogP contribution is -2.40. The summed E-state index contributed by atoms with van der Waals surface area (Å²) in [6, 6.07) is 5.91. The first-order valence-corrected chi connectivity index (χ1v) is 8.77. The van der Waals surface area contributed by atoms with Gasteiger partial charge in [-0.1, -0.05) is 18.5 Å². The molecule has 0 bridgehead atoms. The van der Waals surface area contributed by atoms with Crippen LogP contribution in [0.25, 0.3) is 0 Å². The zero-order chi connectivity index (χ0) is 15.4. The molecule has 0 atom stereocenters. The summed E-state index contributed by atoms with van der Waals surface area (Å²) in [5.41, 5.74) is 6.26. The second kappa shape index (κ2) is 7.41. The number of hydrogen-bond acceptors (Lipinski definition) is 3. The highest BCUT2D eigenvalue weighted by Gasteiger charge is 2.24. The molecule has 1 fully saturated rings. The fraction of sp³-hybridized carbons (Fsp3) is 0.562. The number of anilines is 1. The van der Waals surface area contributed by atoms with Gasteiger partial charge in [0, 0.05) is 18.0 Å². The van der Waals surface area contributed by atoms with Crippen molar-refractivity contribution >= 4 is 35.0 Å². The number of carbonyl (C=O) groups is 1. The number of nitrogens with two attached hydrogens (primary N) is 1. The van der Waals surface area contributed by atoms with Crippen molar-refractivity contribution in [3.8, 4) is 0 Å². The Bertz CT molecular complexity index is 501. The molecule has 0 heterocycles. The Hall–Kier alpha value is -0.870. The lowest BCUT2D eigenvalue weighted by atomic mass is 9.87. The highest BCUT2D eigenvalue weighted by molar-refractivity contribution is 8.00. The van der Waals surface area contributed by atoms with Gasteiger partial charge in [-0.05, 0) is 49.8 Å². The molecule has 1 saturated carbocycles. The molecular weight excluding hydrogens is 304 g/mol. The van der Waals surface area contributed by atoms with Crippen molar-refractivity contribution in [2.75, 3.05) is 18.5 Å². The molecule has 1 aliphatic rings. The van der Waals surface area contributed by atoms with E-state index in [0.717, 1.165) is 23.7 Å². The molecular formula is C16H23ClN2OS. The van der Waals surface area contributed by atoms with E-state index in [1.54, 1.807) is 6.07 Å². The molecule has 0 radical (unpaired) electrons. The number of nitrogen functional groups attached to an aromatic ring is 1. The monoisotopic (exact) mass is 326 g/mol. The van der Waals surface area contributed by atoms with E-state index in [1.165, 1.54) is 24.6 Å². The zero-order valence-corrected chi connectivity index (χ0v) is 14.2. The van der Waals surface area contributed by atoms with Crippen LogP contribution in [-0.4, -0.2) is 29.6 Å². The van der Waals surface area contributed by atoms with Crippen molar-refractivity contribution < 1.29 is 4.79 Å². The molecule has 1 aliphatic carbocycles. The summed E-state index contributed by atoms with van der Waals surface area (Å²) >= 11 is 7.51. The lowest BCUT2D eigenvalue weighted by Gasteiger charge is -2.33. The molecule has 116 valence electrons. The Balaban J connectivity index is 1.84. The van der Waals surface area contributed by atoms with Gasteiger partial charge in [0.05, 0.1) is 16.5 Å². The SMILES string of the molecule is CC1CCC(N(C)C(=O)CSc2ccc(N)c(Cl)c2)CC1. The average molecular weight is 327 g/mol. The van der Waals surface area contributed by atoms with Crippen LogP contribution < -0.4 is 5.73 Å². The van der Waals surface area contributed by atoms with Gasteiger partial charge in [-0.3, -0.25) is 4.79 Å². The number of carbonyl (C=O) groups excluding carboxylic acids is 1. The largest absolute Gasteiger partial charge is 0.398 e. The van der Waals surface area contributed by atoms with Gasteiger partial charge in [0.25, 0.3) is 0 Å². The fourth-order valence-electron chi connectivity index (χ4n) is 2.68. The molecule has 5 heteroatoms. The first-order valence-electron chi connectivity index (χ1n) is 7.41. The van der Waals surface area contributed by atoms with Gasteiger partial charge in [-0.25, -0.2) is 0 Å². The minimum Gasteiger partial charge on any atom is -0.398 e. The number of hydrogen-bond donors (Lipinski definition) is 1. The summed E-state index contributed by atoms with van der Waals surface area (Å²) in [6.45, 7) is 2.29. The predicted molar refractivity (Wildman–Crippen MR) is 90.8 cm³/mol. The Labute approximate surface area is 136 Å². The minimum absolute atomic E-state index is 0.188. The number of benzene rings is 1. The lowest BCUT2D eigenvalue weighted by molar-refractivity contribution is -0.129. The maximum Gasteiger partial charge on any atom is 0.232 e. The van der Waals surface area contributed by atoms with Crippen molar-refractivity contribution in [2.45, 2.75) is 43.5 Å². The van der Waals surface area contributed by atoms with E-state index >= 15 is 0 Å². The van der Waals surface area contributed by atoms with Crippen LogP contribution in [0.15, 0.2) is 23.1 Å². The van der Waals surface area contributed by atoms with Crippen molar-refractivity contribution in [1.82, 2.24) is 4.90 Å². The fourth-order valence-corrected chi connectivity index (χ4v) is 3.78. The molecule has 3 nitrogen and oxygen atoms in total. The van der Waals surface area contributed by atoms with Crippen LogP contribution in [0.2, 0.25) is 5.02 Å². The maximum absolute atomic E-state index is 12.3. The van der Waals surface area contributed by atoms with Crippen molar-refractivity contribution in [3.63, 3.8) is 0 Å². The molecule has 0 saturated heterocycles. The van der Waals surface area contributed by atoms with Gasteiger partial charge in [0.1, 0.15) is 0 Å². The van der Waals surface area contributed by atoms with Gasteiger partial charge in [0.2, 0.25) is 5.91 Å². The number of nitrogens with zero attached hydrogens (tertiary/aromatic N) is 1. The van der Waals surface area contributed by atoms with E-state index in [9.17, 15) is 4.79 Å². The third kappa shape index (κ3) is 4.55. The molecule has 0 spiro atoms. The third-order valence-corrected chi connectivity index (χ3v) is 5.57. The molecule has 0 aliphatic heterocycles. The van der Waals surface area contributed by atoms with Crippen LogP contribution in [0.1, 0.15) is 32.6 Å². The van der Waals surface area contributed by atoms with Gasteiger partial charge < -0.3 is 10.6 Å². The highest BCUT2D eigenvalue weighted by atomic mass is 35.5. The Morgan fingerprint density at radius 1 is 1.38 bits per heavy atom. The van der Waals surface area contributed by atoms with E-state index in [1.807, 2.05) is 24.1 Å². The summed E-state index contributed by atoms with van der Waals surface area (Å²) < 4.78 is 0. The second-order valence-electron chi connectivity index (χ2n) is 5.89. The topological polar surface area (TPSA) is 46.3 Å². The maximum atomic E-state index is 12.3. The summed E-state index contributed by atoms with van der Waals surface area (Å²) in [6.07, 6.45) is 4.70. The predicted octanol–water partition coefficient (Wildman–Crippen LogP) is 4.05. The van der Waals surface area contributed by atoms with Crippen LogP contribution in [0.4, 0.5) is 5.69 Å². The molecule has 21 heavy (non-hydrogen) atoms. The van der Waals surface area contributed by atoms with Gasteiger partial charge in [0.15, 0.2) is 0 Å². The van der Waals surface area contributed by atoms with Crippen LogP contribution in [-0.2, 0) is 4.79 Å². The summed E-state index contributed by atoms with van der Waals surface area (Å²) in [5.74, 6) is 1.44. The zero-order valence-electron chi connectivity index (χ0n) is 12.6. The second-order valence-corrected chi connectivity index (χ2v) is 7.35. The normalized spacial score (nSPS) is 22.0. The third-order valence-electron chi connectivity index (χ3n) is 4.26. The molecule has 2 N–H and O–H groups in total. The molecule has 2 rings (SSSR count). The Kier molecular flexibility index (Phi) is 5.82. The van der Waals surface area contributed by atoms with E-state index in [-0.39, 0.29) is 5.91 Å². The smallest absolute Gasteiger partial charge is 0.232 e. The Morgan fingerprint density at radius 2 is 2.05 bits per heavy atom. The standard InChI is InChI=1S/C16H23ClN2OS/c1-11-3-5-12(6-4-11)19(2)16(20)10-21-13-7-8-15(18)14(17)9-13/h7-9,11-12H,3-6,10,18H2,1-2H3. The van der Waals surface area contributed by atoms with E-state index in [0.29, 0.717) is 22.5 Å². The van der Waals surface area contributed by atoms with Gasteiger partial charge in [-0.15, -0.1) is 11.8 Å². The molecule has 1 aromatic rings. The van der Waals surface area contributed by atoms with Gasteiger partial charge in [-0.2, -0.15) is 0 Å². The first kappa shape index (κ1) is 16.5. The Morgan fingerprint density at radius 3 is 2.67 bits per heavy atom. The van der Waals surface area contributed by atoms with Crippen LogP contribution in [0, 0.1) is 5.92 Å². The van der Waals surface area contributed by atoms with Crippen LogP contribution in [0.3, 0.4) is 0 Å². The molecule has 0 unspecified atom stereocenters. The van der Waals surface area contributed by atoms with E-state index < -0.39 is 0 Å². The minimum atomic E-state index is 0.188. The van der Waals surface area contributed by atoms with E-state index in [2.05, 4.69) is 6.92 Å². The van der Waals surface area contributed by atoms with Gasteiger partial charge >= 0.3 is 0 Å². The summed E-state index contributed by atoms with van der Waals surface area (Å²) in [4.78, 5) is 15.2. The molecule has 1 amide bonds. The van der Waals surface area contributed by atoms with E-state index in [4.69, 9.17) is 17.3 Å². The molecule has 1 aromatic carbocycles. The number of amides is 1. The van der Waals surface area contributed by atoms with Crippen LogP contribution in [0.5, 0.6) is 0 Å².